The van der Waals surface area contributed by atoms with Crippen LogP contribution in [0.3, 0.4) is 0 Å². The Balaban J connectivity index is 1.99. The van der Waals surface area contributed by atoms with Crippen molar-refractivity contribution in [1.29, 1.82) is 0 Å². The molecular weight excluding hydrogens is 334 g/mol. The molecule has 1 heterocycles. The van der Waals surface area contributed by atoms with Gasteiger partial charge in [0.25, 0.3) is 0 Å². The molecule has 0 aliphatic carbocycles. The Labute approximate surface area is 132 Å². The number of hydrogen-bond acceptors (Lipinski definition) is 4. The summed E-state index contributed by atoms with van der Waals surface area (Å²) < 4.78 is 1.09. The van der Waals surface area contributed by atoms with Crippen LogP contribution in [0.1, 0.15) is 19.4 Å². The SMILES string of the molecule is CC(C)CNCc1ccc(Sc2cnccn2)c(Br)c1. The topological polar surface area (TPSA) is 37.8 Å². The second-order valence-corrected chi connectivity index (χ2v) is 6.85. The molecule has 0 radical (unpaired) electrons. The first-order valence-corrected chi connectivity index (χ1v) is 8.19. The van der Waals surface area contributed by atoms with Crippen LogP contribution in [-0.2, 0) is 6.54 Å². The molecule has 0 fully saturated rings. The molecule has 0 aliphatic heterocycles. The van der Waals surface area contributed by atoms with Gasteiger partial charge in [-0.25, -0.2) is 4.98 Å². The van der Waals surface area contributed by atoms with Crippen LogP contribution in [0.15, 0.2) is 51.2 Å². The molecule has 2 aromatic rings. The zero-order valence-electron chi connectivity index (χ0n) is 11.6. The van der Waals surface area contributed by atoms with Crippen LogP contribution in [0.25, 0.3) is 0 Å². The molecule has 1 N–H and O–H groups in total. The van der Waals surface area contributed by atoms with Gasteiger partial charge in [0.05, 0.1) is 6.20 Å². The van der Waals surface area contributed by atoms with Crippen LogP contribution in [0.4, 0.5) is 0 Å². The van der Waals surface area contributed by atoms with Gasteiger partial charge in [0.1, 0.15) is 5.03 Å². The first kappa shape index (κ1) is 15.5. The van der Waals surface area contributed by atoms with E-state index in [4.69, 9.17) is 0 Å². The maximum atomic E-state index is 4.27. The van der Waals surface area contributed by atoms with Crippen LogP contribution in [0.5, 0.6) is 0 Å². The van der Waals surface area contributed by atoms with E-state index in [0.29, 0.717) is 5.92 Å². The Kier molecular flexibility index (Phi) is 6.01. The molecule has 3 nitrogen and oxygen atoms in total. The number of halogens is 1. The van der Waals surface area contributed by atoms with Crippen molar-refractivity contribution < 1.29 is 0 Å². The van der Waals surface area contributed by atoms with Gasteiger partial charge in [0.2, 0.25) is 0 Å². The monoisotopic (exact) mass is 351 g/mol. The predicted octanol–water partition coefficient (Wildman–Crippen LogP) is 4.14. The average Bonchev–Trinajstić information content (AvgIpc) is 2.42. The minimum absolute atomic E-state index is 0.671. The molecule has 1 aromatic carbocycles. The summed E-state index contributed by atoms with van der Waals surface area (Å²) in [7, 11) is 0. The lowest BCUT2D eigenvalue weighted by Crippen LogP contribution is -2.18. The summed E-state index contributed by atoms with van der Waals surface area (Å²) in [6, 6.07) is 6.43. The van der Waals surface area contributed by atoms with Crippen molar-refractivity contribution in [3.8, 4) is 0 Å². The molecule has 0 saturated carbocycles. The zero-order chi connectivity index (χ0) is 14.4. The smallest absolute Gasteiger partial charge is 0.119 e. The molecule has 20 heavy (non-hydrogen) atoms. The summed E-state index contributed by atoms with van der Waals surface area (Å²) in [4.78, 5) is 9.50. The highest BCUT2D eigenvalue weighted by atomic mass is 79.9. The molecule has 2 rings (SSSR count). The first-order valence-electron chi connectivity index (χ1n) is 6.58. The number of rotatable bonds is 6. The highest BCUT2D eigenvalue weighted by Crippen LogP contribution is 2.32. The Morgan fingerprint density at radius 2 is 2.15 bits per heavy atom. The van der Waals surface area contributed by atoms with Crippen molar-refractivity contribution in [3.63, 3.8) is 0 Å². The van der Waals surface area contributed by atoms with E-state index in [-0.39, 0.29) is 0 Å². The third-order valence-electron chi connectivity index (χ3n) is 2.63. The molecule has 0 atom stereocenters. The third-order valence-corrected chi connectivity index (χ3v) is 4.55. The fourth-order valence-electron chi connectivity index (χ4n) is 1.69. The van der Waals surface area contributed by atoms with Gasteiger partial charge in [-0.1, -0.05) is 31.7 Å². The Morgan fingerprint density at radius 1 is 1.30 bits per heavy atom. The molecule has 0 saturated heterocycles. The quantitative estimate of drug-likeness (QED) is 0.848. The van der Waals surface area contributed by atoms with Crippen molar-refractivity contribution >= 4 is 27.7 Å². The van der Waals surface area contributed by atoms with Crippen molar-refractivity contribution in [2.45, 2.75) is 30.3 Å². The number of hydrogen-bond donors (Lipinski definition) is 1. The molecule has 106 valence electrons. The average molecular weight is 352 g/mol. The van der Waals surface area contributed by atoms with Gasteiger partial charge in [0, 0.05) is 28.3 Å². The van der Waals surface area contributed by atoms with E-state index in [9.17, 15) is 0 Å². The second-order valence-electron chi connectivity index (χ2n) is 4.94. The summed E-state index contributed by atoms with van der Waals surface area (Å²) in [5.74, 6) is 0.671. The number of benzene rings is 1. The minimum atomic E-state index is 0.671. The van der Waals surface area contributed by atoms with Crippen LogP contribution in [0, 0.1) is 5.92 Å². The number of nitrogens with zero attached hydrogens (tertiary/aromatic N) is 2. The van der Waals surface area contributed by atoms with Gasteiger partial charge in [-0.05, 0) is 46.1 Å². The first-order chi connectivity index (χ1) is 9.65. The van der Waals surface area contributed by atoms with E-state index in [2.05, 4.69) is 63.3 Å². The van der Waals surface area contributed by atoms with Crippen molar-refractivity contribution in [3.05, 3.63) is 46.8 Å². The lowest BCUT2D eigenvalue weighted by atomic mass is 10.2. The minimum Gasteiger partial charge on any atom is -0.312 e. The zero-order valence-corrected chi connectivity index (χ0v) is 14.0. The van der Waals surface area contributed by atoms with E-state index < -0.39 is 0 Å². The fourth-order valence-corrected chi connectivity index (χ4v) is 3.11. The maximum Gasteiger partial charge on any atom is 0.119 e. The summed E-state index contributed by atoms with van der Waals surface area (Å²) >= 11 is 5.24. The van der Waals surface area contributed by atoms with E-state index in [1.54, 1.807) is 30.4 Å². The lowest BCUT2D eigenvalue weighted by Gasteiger charge is -2.09. The van der Waals surface area contributed by atoms with Gasteiger partial charge in [-0.2, -0.15) is 0 Å². The maximum absolute atomic E-state index is 4.27. The Morgan fingerprint density at radius 3 is 2.80 bits per heavy atom. The van der Waals surface area contributed by atoms with E-state index in [1.807, 2.05) is 0 Å². The Hall–Kier alpha value is -0.910. The molecule has 1 aromatic heterocycles. The van der Waals surface area contributed by atoms with Crippen molar-refractivity contribution in [1.82, 2.24) is 15.3 Å². The van der Waals surface area contributed by atoms with Gasteiger partial charge in [-0.3, -0.25) is 4.98 Å². The van der Waals surface area contributed by atoms with E-state index >= 15 is 0 Å². The normalized spacial score (nSPS) is 11.0. The fraction of sp³-hybridized carbons (Fsp3) is 0.333. The Bertz CT molecular complexity index is 546. The lowest BCUT2D eigenvalue weighted by molar-refractivity contribution is 0.552. The van der Waals surface area contributed by atoms with Gasteiger partial charge in [0.15, 0.2) is 0 Å². The van der Waals surface area contributed by atoms with Gasteiger partial charge < -0.3 is 5.32 Å². The number of nitrogens with one attached hydrogen (secondary N) is 1. The summed E-state index contributed by atoms with van der Waals surface area (Å²) in [6.07, 6.45) is 5.16. The van der Waals surface area contributed by atoms with Crippen LogP contribution in [0.2, 0.25) is 0 Å². The van der Waals surface area contributed by atoms with Gasteiger partial charge >= 0.3 is 0 Å². The molecule has 5 heteroatoms. The predicted molar refractivity (Wildman–Crippen MR) is 86.8 cm³/mol. The van der Waals surface area contributed by atoms with E-state index in [1.165, 1.54) is 5.56 Å². The van der Waals surface area contributed by atoms with Crippen LogP contribution in [-0.4, -0.2) is 16.5 Å². The highest BCUT2D eigenvalue weighted by Gasteiger charge is 2.05. The third kappa shape index (κ3) is 4.89. The largest absolute Gasteiger partial charge is 0.312 e. The summed E-state index contributed by atoms with van der Waals surface area (Å²) in [5.41, 5.74) is 1.28. The molecular formula is C15H18BrN3S. The van der Waals surface area contributed by atoms with Crippen molar-refractivity contribution in [2.75, 3.05) is 6.54 Å². The molecule has 0 spiro atoms. The summed E-state index contributed by atoms with van der Waals surface area (Å²) in [6.45, 7) is 6.35. The van der Waals surface area contributed by atoms with Crippen LogP contribution < -0.4 is 5.32 Å². The van der Waals surface area contributed by atoms with E-state index in [0.717, 1.165) is 27.5 Å². The molecule has 0 aliphatic rings. The molecule has 0 unspecified atom stereocenters. The standard InChI is InChI=1S/C15H18BrN3S/c1-11(2)8-18-9-12-3-4-14(13(16)7-12)20-15-10-17-5-6-19-15/h3-7,10-11,18H,8-9H2,1-2H3. The second kappa shape index (κ2) is 7.76. The van der Waals surface area contributed by atoms with Crippen molar-refractivity contribution in [2.24, 2.45) is 5.92 Å². The van der Waals surface area contributed by atoms with Gasteiger partial charge in [-0.15, -0.1) is 0 Å². The molecule has 0 amide bonds. The summed E-state index contributed by atoms with van der Waals surface area (Å²) in [5, 5.41) is 4.35. The number of aromatic nitrogens is 2. The molecule has 0 bridgehead atoms. The highest BCUT2D eigenvalue weighted by molar-refractivity contribution is 9.10. The van der Waals surface area contributed by atoms with Crippen LogP contribution >= 0.6 is 27.7 Å².